The molecule has 0 radical (unpaired) electrons. The topological polar surface area (TPSA) is 175 Å². The molecule has 1 fully saturated rings. The van der Waals surface area contributed by atoms with Crippen molar-refractivity contribution in [3.8, 4) is 17.2 Å². The molecule has 12 heteroatoms. The quantitative estimate of drug-likeness (QED) is 0.0258. The minimum Gasteiger partial charge on any atom is -0.508 e. The van der Waals surface area contributed by atoms with E-state index in [0.29, 0.717) is 61.9 Å². The van der Waals surface area contributed by atoms with Crippen molar-refractivity contribution in [1.29, 1.82) is 0 Å². The summed E-state index contributed by atoms with van der Waals surface area (Å²) in [7, 11) is 0. The monoisotopic (exact) mass is 734 g/mol. The van der Waals surface area contributed by atoms with Gasteiger partial charge in [0.25, 0.3) is 0 Å². The van der Waals surface area contributed by atoms with Gasteiger partial charge >= 0.3 is 17.9 Å². The second kappa shape index (κ2) is 23.2. The number of allylic oxidation sites excluding steroid dienone is 3. The Balaban J connectivity index is 0.000000361. The maximum atomic E-state index is 12.1. The fourth-order valence-corrected chi connectivity index (χ4v) is 4.80. The van der Waals surface area contributed by atoms with E-state index in [1.165, 1.54) is 12.1 Å². The van der Waals surface area contributed by atoms with Gasteiger partial charge in [-0.15, -0.1) is 0 Å². The highest BCUT2D eigenvalue weighted by atomic mass is 16.6. The molecule has 0 aromatic heterocycles. The van der Waals surface area contributed by atoms with E-state index in [-0.39, 0.29) is 28.8 Å². The van der Waals surface area contributed by atoms with E-state index in [0.717, 1.165) is 49.7 Å². The van der Waals surface area contributed by atoms with Crippen LogP contribution < -0.4 is 4.74 Å². The normalized spacial score (nSPS) is 16.7. The standard InChI is InChI=1S/C25H28O6.C9H16O4.C7H6O2/c1-4-23(27)29-13-7-5-6-8-24(28)31-21-11-12-25(16-19(25)15-21)18(3)30-20-9-10-22(26)17(2)14-20;1-3-9(11)13-7-5-4-6-12-8(2)10;8-5-6-1-3-7(9)4-2-6/h4,9-12,14-15,19,26H,1,3,5-8,13,16H2,2H3;3,8,10H,1,4-7H2,2H3;1-5,9H. The van der Waals surface area contributed by atoms with Crippen LogP contribution in [0, 0.1) is 18.3 Å². The number of benzene rings is 2. The molecule has 3 unspecified atom stereocenters. The summed E-state index contributed by atoms with van der Waals surface area (Å²) in [5.74, 6) is 1.30. The minimum atomic E-state index is -0.726. The predicted octanol–water partition coefficient (Wildman–Crippen LogP) is 6.94. The molecule has 0 bridgehead atoms. The molecule has 2 aliphatic rings. The van der Waals surface area contributed by atoms with E-state index in [1.807, 2.05) is 19.1 Å². The Morgan fingerprint density at radius 2 is 1.53 bits per heavy atom. The van der Waals surface area contributed by atoms with Crippen LogP contribution in [0.3, 0.4) is 0 Å². The summed E-state index contributed by atoms with van der Waals surface area (Å²) in [6.45, 7) is 15.2. The van der Waals surface area contributed by atoms with E-state index >= 15 is 0 Å². The zero-order valence-electron chi connectivity index (χ0n) is 30.4. The van der Waals surface area contributed by atoms with Crippen LogP contribution in [0.15, 0.2) is 104 Å². The number of ether oxygens (including phenoxy) is 5. The number of esters is 3. The van der Waals surface area contributed by atoms with Crippen molar-refractivity contribution < 1.29 is 58.2 Å². The molecule has 12 nitrogen and oxygen atoms in total. The van der Waals surface area contributed by atoms with Crippen LogP contribution in [-0.4, -0.2) is 65.6 Å². The molecule has 0 spiro atoms. The number of aromatic hydroxyl groups is 2. The molecule has 4 rings (SSSR count). The van der Waals surface area contributed by atoms with Gasteiger partial charge in [-0.25, -0.2) is 9.59 Å². The number of aryl methyl sites for hydroxylation is 1. The number of carbonyl (C=O) groups is 4. The minimum absolute atomic E-state index is 0.181. The Morgan fingerprint density at radius 3 is 2.09 bits per heavy atom. The van der Waals surface area contributed by atoms with Crippen molar-refractivity contribution in [2.75, 3.05) is 19.8 Å². The van der Waals surface area contributed by atoms with Crippen LogP contribution >= 0.6 is 0 Å². The third-order valence-electron chi connectivity index (χ3n) is 7.90. The average Bonchev–Trinajstić information content (AvgIpc) is 3.88. The lowest BCUT2D eigenvalue weighted by Crippen LogP contribution is -2.13. The zero-order chi connectivity index (χ0) is 39.2. The van der Waals surface area contributed by atoms with Crippen LogP contribution in [0.5, 0.6) is 17.2 Å². The fraction of sp³-hybridized carbons (Fsp3) is 0.366. The van der Waals surface area contributed by atoms with Crippen molar-refractivity contribution in [2.24, 2.45) is 11.3 Å². The third-order valence-corrected chi connectivity index (χ3v) is 7.90. The Kier molecular flexibility index (Phi) is 19.1. The first kappa shape index (κ1) is 43.7. The lowest BCUT2D eigenvalue weighted by atomic mass is 9.97. The van der Waals surface area contributed by atoms with Crippen LogP contribution in [0.1, 0.15) is 67.8 Å². The molecule has 286 valence electrons. The number of hydrogen-bond acceptors (Lipinski definition) is 12. The Morgan fingerprint density at radius 1 is 0.906 bits per heavy atom. The van der Waals surface area contributed by atoms with Crippen molar-refractivity contribution in [2.45, 2.75) is 65.1 Å². The number of aliphatic hydroxyl groups is 1. The summed E-state index contributed by atoms with van der Waals surface area (Å²) in [4.78, 5) is 43.6. The number of aliphatic hydroxyl groups excluding tert-OH is 1. The van der Waals surface area contributed by atoms with Crippen LogP contribution in [-0.2, 0) is 33.3 Å². The first-order valence-corrected chi connectivity index (χ1v) is 17.2. The molecule has 0 heterocycles. The molecule has 3 N–H and O–H groups in total. The molecular weight excluding hydrogens is 684 g/mol. The number of carbonyl (C=O) groups excluding carboxylic acids is 4. The number of phenolic OH excluding ortho intramolecular Hbond substituents is 2. The van der Waals surface area contributed by atoms with Gasteiger partial charge < -0.3 is 39.0 Å². The van der Waals surface area contributed by atoms with Gasteiger partial charge in [-0.1, -0.05) is 25.8 Å². The third kappa shape index (κ3) is 16.6. The van der Waals surface area contributed by atoms with E-state index in [2.05, 4.69) is 19.7 Å². The molecule has 2 aliphatic carbocycles. The summed E-state index contributed by atoms with van der Waals surface area (Å²) in [5, 5.41) is 27.1. The van der Waals surface area contributed by atoms with E-state index in [4.69, 9.17) is 33.9 Å². The molecule has 2 aromatic rings. The molecule has 53 heavy (non-hydrogen) atoms. The number of phenols is 2. The second-order valence-electron chi connectivity index (χ2n) is 12.1. The lowest BCUT2D eigenvalue weighted by molar-refractivity contribution is -0.140. The molecule has 0 amide bonds. The van der Waals surface area contributed by atoms with E-state index in [1.54, 1.807) is 43.3 Å². The van der Waals surface area contributed by atoms with E-state index in [9.17, 15) is 24.3 Å². The van der Waals surface area contributed by atoms with Crippen LogP contribution in [0.25, 0.3) is 0 Å². The van der Waals surface area contributed by atoms with Gasteiger partial charge in [0.15, 0.2) is 6.29 Å². The predicted molar refractivity (Wildman–Crippen MR) is 198 cm³/mol. The van der Waals surface area contributed by atoms with Gasteiger partial charge in [0.1, 0.15) is 35.1 Å². The van der Waals surface area contributed by atoms with Crippen molar-refractivity contribution in [1.82, 2.24) is 0 Å². The maximum Gasteiger partial charge on any atom is 0.330 e. The second-order valence-corrected chi connectivity index (χ2v) is 12.1. The van der Waals surface area contributed by atoms with Gasteiger partial charge in [-0.2, -0.15) is 0 Å². The maximum absolute atomic E-state index is 12.1. The smallest absolute Gasteiger partial charge is 0.330 e. The highest BCUT2D eigenvalue weighted by Crippen LogP contribution is 2.61. The molecular formula is C41H50O12. The molecule has 0 saturated heterocycles. The van der Waals surface area contributed by atoms with Gasteiger partial charge in [0.05, 0.1) is 18.6 Å². The van der Waals surface area contributed by atoms with Gasteiger partial charge in [0, 0.05) is 30.7 Å². The molecule has 3 atom stereocenters. The number of fused-ring (bicyclic) bond motifs is 1. The molecule has 2 aromatic carbocycles. The summed E-state index contributed by atoms with van der Waals surface area (Å²) < 4.78 is 25.9. The zero-order valence-corrected chi connectivity index (χ0v) is 30.4. The summed E-state index contributed by atoms with van der Waals surface area (Å²) in [6.07, 6.45) is 12.8. The van der Waals surface area contributed by atoms with Crippen LogP contribution in [0.4, 0.5) is 0 Å². The number of rotatable bonds is 19. The van der Waals surface area contributed by atoms with E-state index < -0.39 is 18.2 Å². The average molecular weight is 735 g/mol. The first-order chi connectivity index (χ1) is 25.3. The van der Waals surface area contributed by atoms with Gasteiger partial charge in [0.2, 0.25) is 0 Å². The first-order valence-electron chi connectivity index (χ1n) is 17.2. The van der Waals surface area contributed by atoms with Gasteiger partial charge in [-0.3, -0.25) is 9.59 Å². The highest BCUT2D eigenvalue weighted by Gasteiger charge is 2.56. The summed E-state index contributed by atoms with van der Waals surface area (Å²) in [5.41, 5.74) is 1.04. The van der Waals surface area contributed by atoms with Gasteiger partial charge in [-0.05, 0) is 118 Å². The van der Waals surface area contributed by atoms with Crippen molar-refractivity contribution in [3.05, 3.63) is 115 Å². The highest BCUT2D eigenvalue weighted by molar-refractivity contribution is 5.81. The Bertz CT molecular complexity index is 1600. The largest absolute Gasteiger partial charge is 0.508 e. The number of aldehydes is 1. The number of hydrogen-bond donors (Lipinski definition) is 3. The SMILES string of the molecule is C=CC(=O)OCCCCCC(=O)OC1=CC2CC2(C(=C)Oc2ccc(O)c(C)c2)C=C1.C=CC(=O)OCCCCOC(C)O.O=Cc1ccc(O)cc1. The summed E-state index contributed by atoms with van der Waals surface area (Å²) >= 11 is 0. The van der Waals surface area contributed by atoms with Crippen molar-refractivity contribution >= 4 is 24.2 Å². The fourth-order valence-electron chi connectivity index (χ4n) is 4.80. The Labute approximate surface area is 310 Å². The molecule has 0 aliphatic heterocycles. The number of unbranched alkanes of at least 4 members (excludes halogenated alkanes) is 3. The van der Waals surface area contributed by atoms with Crippen LogP contribution in [0.2, 0.25) is 0 Å². The lowest BCUT2D eigenvalue weighted by Gasteiger charge is -2.20. The molecule has 1 saturated carbocycles. The Hall–Kier alpha value is -5.46. The summed E-state index contributed by atoms with van der Waals surface area (Å²) in [6, 6.07) is 11.1. The van der Waals surface area contributed by atoms with Crippen molar-refractivity contribution in [3.63, 3.8) is 0 Å².